The van der Waals surface area contributed by atoms with Gasteiger partial charge in [-0.05, 0) is 38.1 Å². The van der Waals surface area contributed by atoms with Crippen LogP contribution in [0.1, 0.15) is 18.6 Å². The third kappa shape index (κ3) is 3.25. The molecule has 0 saturated carbocycles. The molecule has 0 spiro atoms. The number of likely N-dealkylation sites (tertiary alicyclic amines) is 1. The van der Waals surface area contributed by atoms with Crippen LogP contribution in [0.4, 0.5) is 0 Å². The predicted molar refractivity (Wildman–Crippen MR) is 85.8 cm³/mol. The van der Waals surface area contributed by atoms with Gasteiger partial charge in [0.05, 0.1) is 13.2 Å². The van der Waals surface area contributed by atoms with E-state index in [2.05, 4.69) is 27.9 Å². The Morgan fingerprint density at radius 3 is 2.81 bits per heavy atom. The van der Waals surface area contributed by atoms with Crippen molar-refractivity contribution in [2.45, 2.75) is 25.6 Å². The van der Waals surface area contributed by atoms with E-state index in [0.29, 0.717) is 12.7 Å². The molecule has 0 bridgehead atoms. The Morgan fingerprint density at radius 2 is 2.10 bits per heavy atom. The second-order valence-electron chi connectivity index (χ2n) is 5.52. The molecule has 114 valence electrons. The molecule has 0 atom stereocenters. The summed E-state index contributed by atoms with van der Waals surface area (Å²) in [6.07, 6.45) is 2.51. The molecule has 3 rings (SSSR count). The molecule has 21 heavy (non-hydrogen) atoms. The van der Waals surface area contributed by atoms with Crippen molar-refractivity contribution in [1.29, 1.82) is 0 Å². The summed E-state index contributed by atoms with van der Waals surface area (Å²) in [6.45, 7) is 2.72. The Hall–Kier alpha value is -1.04. The van der Waals surface area contributed by atoms with Gasteiger partial charge >= 0.3 is 0 Å². The summed E-state index contributed by atoms with van der Waals surface area (Å²) < 4.78 is 18.2. The van der Waals surface area contributed by atoms with Crippen LogP contribution >= 0.6 is 15.9 Å². The van der Waals surface area contributed by atoms with Gasteiger partial charge in [0, 0.05) is 22.9 Å². The van der Waals surface area contributed by atoms with Crippen molar-refractivity contribution >= 4 is 26.9 Å². The number of fused-ring (bicyclic) bond motifs is 1. The molecule has 1 aliphatic rings. The molecule has 1 fully saturated rings. The Balaban J connectivity index is 1.71. The topological polar surface area (TPSA) is 34.8 Å². The van der Waals surface area contributed by atoms with E-state index in [1.165, 1.54) is 0 Å². The van der Waals surface area contributed by atoms with Gasteiger partial charge in [0.15, 0.2) is 11.3 Å². The zero-order valence-corrected chi connectivity index (χ0v) is 14.0. The third-order valence-corrected chi connectivity index (χ3v) is 4.68. The number of furan rings is 1. The molecule has 2 aromatic rings. The lowest BCUT2D eigenvalue weighted by Gasteiger charge is -2.28. The smallest absolute Gasteiger partial charge is 0.177 e. The normalized spacial score (nSPS) is 17.5. The highest BCUT2D eigenvalue weighted by Gasteiger charge is 2.18. The Morgan fingerprint density at radius 1 is 1.33 bits per heavy atom. The van der Waals surface area contributed by atoms with Crippen molar-refractivity contribution in [3.8, 4) is 5.75 Å². The van der Waals surface area contributed by atoms with E-state index in [1.807, 2.05) is 18.2 Å². The van der Waals surface area contributed by atoms with Crippen LogP contribution in [0, 0.1) is 0 Å². The average molecular weight is 354 g/mol. The van der Waals surface area contributed by atoms with Crippen molar-refractivity contribution in [3.05, 3.63) is 28.4 Å². The van der Waals surface area contributed by atoms with E-state index in [9.17, 15) is 0 Å². The number of nitrogens with zero attached hydrogens (tertiary/aromatic N) is 1. The summed E-state index contributed by atoms with van der Waals surface area (Å²) in [5.41, 5.74) is 0.772. The summed E-state index contributed by atoms with van der Waals surface area (Å²) in [7, 11) is 3.80. The summed E-state index contributed by atoms with van der Waals surface area (Å²) in [6, 6.07) is 5.90. The first-order valence-electron chi connectivity index (χ1n) is 7.22. The molecule has 1 aromatic heterocycles. The zero-order valence-electron chi connectivity index (χ0n) is 12.4. The molecule has 0 radical (unpaired) electrons. The second-order valence-corrected chi connectivity index (χ2v) is 6.37. The average Bonchev–Trinajstić information content (AvgIpc) is 2.92. The van der Waals surface area contributed by atoms with Crippen molar-refractivity contribution in [2.24, 2.45) is 0 Å². The van der Waals surface area contributed by atoms with E-state index in [-0.39, 0.29) is 0 Å². The second kappa shape index (κ2) is 6.38. The van der Waals surface area contributed by atoms with Crippen LogP contribution in [0.15, 0.2) is 27.1 Å². The summed E-state index contributed by atoms with van der Waals surface area (Å²) in [5.74, 6) is 1.59. The molecular formula is C16H20BrNO3. The minimum Gasteiger partial charge on any atom is -0.493 e. The lowest BCUT2D eigenvalue weighted by atomic mass is 10.1. The van der Waals surface area contributed by atoms with E-state index in [1.54, 1.807) is 7.11 Å². The number of piperidine rings is 1. The standard InChI is InChI=1S/C16H20BrNO3/c1-18-7-5-11(6-8-18)20-10-12-9-13-14(17)3-4-15(19-2)16(13)21-12/h3-4,9,11H,5-8,10H2,1-2H3. The summed E-state index contributed by atoms with van der Waals surface area (Å²) in [4.78, 5) is 2.34. The van der Waals surface area contributed by atoms with Crippen LogP contribution in [-0.4, -0.2) is 38.3 Å². The van der Waals surface area contributed by atoms with E-state index >= 15 is 0 Å². The van der Waals surface area contributed by atoms with Crippen molar-refractivity contribution in [3.63, 3.8) is 0 Å². The van der Waals surface area contributed by atoms with Gasteiger partial charge in [-0.15, -0.1) is 0 Å². The molecule has 0 unspecified atom stereocenters. The van der Waals surface area contributed by atoms with Gasteiger partial charge in [-0.1, -0.05) is 15.9 Å². The lowest BCUT2D eigenvalue weighted by Crippen LogP contribution is -2.34. The van der Waals surface area contributed by atoms with Gasteiger partial charge in [-0.25, -0.2) is 0 Å². The minimum absolute atomic E-state index is 0.333. The highest BCUT2D eigenvalue weighted by molar-refractivity contribution is 9.10. The maximum atomic E-state index is 5.98. The van der Waals surface area contributed by atoms with Crippen LogP contribution in [0.25, 0.3) is 11.0 Å². The molecular weight excluding hydrogens is 334 g/mol. The molecule has 1 saturated heterocycles. The number of hydrogen-bond acceptors (Lipinski definition) is 4. The maximum absolute atomic E-state index is 5.98. The quantitative estimate of drug-likeness (QED) is 0.836. The van der Waals surface area contributed by atoms with Crippen molar-refractivity contribution in [2.75, 3.05) is 27.2 Å². The Bertz CT molecular complexity index is 617. The van der Waals surface area contributed by atoms with Crippen LogP contribution in [0.5, 0.6) is 5.75 Å². The first kappa shape index (κ1) is 14.9. The van der Waals surface area contributed by atoms with Crippen LogP contribution in [0.2, 0.25) is 0 Å². The van der Waals surface area contributed by atoms with Gasteiger partial charge in [0.2, 0.25) is 0 Å². The highest BCUT2D eigenvalue weighted by atomic mass is 79.9. The number of methoxy groups -OCH3 is 1. The number of hydrogen-bond donors (Lipinski definition) is 0. The molecule has 5 heteroatoms. The summed E-state index contributed by atoms with van der Waals surface area (Å²) in [5, 5.41) is 1.02. The first-order chi connectivity index (χ1) is 10.2. The van der Waals surface area contributed by atoms with Crippen LogP contribution in [0.3, 0.4) is 0 Å². The van der Waals surface area contributed by atoms with E-state index in [4.69, 9.17) is 13.9 Å². The third-order valence-electron chi connectivity index (χ3n) is 3.99. The summed E-state index contributed by atoms with van der Waals surface area (Å²) >= 11 is 3.55. The monoisotopic (exact) mass is 353 g/mol. The molecule has 0 amide bonds. The van der Waals surface area contributed by atoms with E-state index in [0.717, 1.165) is 52.9 Å². The minimum atomic E-state index is 0.333. The van der Waals surface area contributed by atoms with Crippen LogP contribution in [-0.2, 0) is 11.3 Å². The van der Waals surface area contributed by atoms with Gasteiger partial charge in [0.1, 0.15) is 12.4 Å². The lowest BCUT2D eigenvalue weighted by molar-refractivity contribution is -0.00433. The number of benzene rings is 1. The zero-order chi connectivity index (χ0) is 14.8. The molecule has 0 aliphatic carbocycles. The number of ether oxygens (including phenoxy) is 2. The van der Waals surface area contributed by atoms with Gasteiger partial charge in [-0.3, -0.25) is 0 Å². The fraction of sp³-hybridized carbons (Fsp3) is 0.500. The van der Waals surface area contributed by atoms with Gasteiger partial charge in [-0.2, -0.15) is 0 Å². The molecule has 4 nitrogen and oxygen atoms in total. The first-order valence-corrected chi connectivity index (χ1v) is 8.01. The van der Waals surface area contributed by atoms with Gasteiger partial charge < -0.3 is 18.8 Å². The molecule has 0 N–H and O–H groups in total. The highest BCUT2D eigenvalue weighted by Crippen LogP contribution is 2.34. The van der Waals surface area contributed by atoms with Crippen molar-refractivity contribution < 1.29 is 13.9 Å². The van der Waals surface area contributed by atoms with Gasteiger partial charge in [0.25, 0.3) is 0 Å². The van der Waals surface area contributed by atoms with Crippen LogP contribution < -0.4 is 4.74 Å². The fourth-order valence-corrected chi connectivity index (χ4v) is 3.13. The molecule has 1 aromatic carbocycles. The number of rotatable bonds is 4. The largest absolute Gasteiger partial charge is 0.493 e. The fourth-order valence-electron chi connectivity index (χ4n) is 2.70. The molecule has 2 heterocycles. The Kier molecular flexibility index (Phi) is 4.52. The number of halogens is 1. The predicted octanol–water partition coefficient (Wildman–Crippen LogP) is 3.81. The van der Waals surface area contributed by atoms with Crippen molar-refractivity contribution in [1.82, 2.24) is 4.90 Å². The molecule has 1 aliphatic heterocycles. The maximum Gasteiger partial charge on any atom is 0.177 e. The SMILES string of the molecule is COc1ccc(Br)c2cc(COC3CCN(C)CC3)oc12. The van der Waals surface area contributed by atoms with E-state index < -0.39 is 0 Å². The Labute approximate surface area is 133 Å².